The van der Waals surface area contributed by atoms with Crippen LogP contribution in [0.2, 0.25) is 0 Å². The summed E-state index contributed by atoms with van der Waals surface area (Å²) in [5.74, 6) is 0.255. The van der Waals surface area contributed by atoms with E-state index in [-0.39, 0.29) is 24.1 Å². The third kappa shape index (κ3) is 5.78. The number of aromatic nitrogens is 4. The third-order valence-corrected chi connectivity index (χ3v) is 5.40. The first-order valence-electron chi connectivity index (χ1n) is 11.7. The zero-order valence-corrected chi connectivity index (χ0v) is 20.7. The minimum Gasteiger partial charge on any atom is -0.486 e. The van der Waals surface area contributed by atoms with Crippen LogP contribution in [0.5, 0.6) is 11.5 Å². The number of benzene rings is 2. The average molecular weight is 497 g/mol. The van der Waals surface area contributed by atoms with Crippen molar-refractivity contribution in [3.05, 3.63) is 48.3 Å². The van der Waals surface area contributed by atoms with Crippen LogP contribution >= 0.6 is 0 Å². The molecule has 1 atom stereocenters. The minimum absolute atomic E-state index is 0.256. The average Bonchev–Trinajstić information content (AvgIpc) is 3.29. The number of carbonyl (C=O) groups excluding carboxylic acids is 2. The molecule has 0 aliphatic carbocycles. The molecule has 0 spiro atoms. The molecular formula is C25H29FN6O4. The molecule has 36 heavy (non-hydrogen) atoms. The van der Waals surface area contributed by atoms with Crippen LogP contribution in [0, 0.1) is 5.82 Å². The number of tetrazole rings is 1. The molecule has 2 amide bonds. The fraction of sp³-hybridized carbons (Fsp3) is 0.400. The van der Waals surface area contributed by atoms with Gasteiger partial charge in [-0.2, -0.15) is 4.80 Å². The van der Waals surface area contributed by atoms with Gasteiger partial charge in [0.1, 0.15) is 31.6 Å². The van der Waals surface area contributed by atoms with Gasteiger partial charge in [0.25, 0.3) is 5.91 Å². The van der Waals surface area contributed by atoms with Gasteiger partial charge >= 0.3 is 0 Å². The summed E-state index contributed by atoms with van der Waals surface area (Å²) in [4.78, 5) is 29.4. The SMILES string of the molecule is CC[C@@H](C(=O)NC(C)(C)C)N(C(=O)Cn1nnc(-c2ccc(F)cc2)n1)c1ccc2c(c1)OCCO2. The van der Waals surface area contributed by atoms with Gasteiger partial charge in [0.15, 0.2) is 11.5 Å². The highest BCUT2D eigenvalue weighted by Gasteiger charge is 2.33. The lowest BCUT2D eigenvalue weighted by Crippen LogP contribution is -2.54. The molecule has 1 aliphatic heterocycles. The molecule has 0 bridgehead atoms. The second-order valence-electron chi connectivity index (χ2n) is 9.41. The van der Waals surface area contributed by atoms with Crippen LogP contribution in [0.1, 0.15) is 34.1 Å². The lowest BCUT2D eigenvalue weighted by molar-refractivity contribution is -0.128. The molecule has 3 aromatic rings. The Labute approximate surface area is 208 Å². The fourth-order valence-corrected chi connectivity index (χ4v) is 3.84. The van der Waals surface area contributed by atoms with Gasteiger partial charge in [-0.3, -0.25) is 14.5 Å². The summed E-state index contributed by atoms with van der Waals surface area (Å²) in [5.41, 5.74) is 0.567. The Morgan fingerprint density at radius 2 is 1.81 bits per heavy atom. The molecule has 2 heterocycles. The summed E-state index contributed by atoms with van der Waals surface area (Å²) in [6, 6.07) is 10.00. The van der Waals surface area contributed by atoms with Gasteiger partial charge in [0.2, 0.25) is 11.7 Å². The van der Waals surface area contributed by atoms with E-state index in [2.05, 4.69) is 20.7 Å². The summed E-state index contributed by atoms with van der Waals surface area (Å²) in [5, 5.41) is 15.2. The zero-order valence-electron chi connectivity index (χ0n) is 20.7. The summed E-state index contributed by atoms with van der Waals surface area (Å²) in [6.07, 6.45) is 0.369. The van der Waals surface area contributed by atoms with E-state index in [4.69, 9.17) is 9.47 Å². The molecule has 1 N–H and O–H groups in total. The van der Waals surface area contributed by atoms with Crippen LogP contribution in [0.15, 0.2) is 42.5 Å². The van der Waals surface area contributed by atoms with Crippen LogP contribution in [0.25, 0.3) is 11.4 Å². The van der Waals surface area contributed by atoms with Crippen molar-refractivity contribution in [2.75, 3.05) is 18.1 Å². The lowest BCUT2D eigenvalue weighted by atomic mass is 10.1. The van der Waals surface area contributed by atoms with Crippen molar-refractivity contribution in [1.82, 2.24) is 25.5 Å². The summed E-state index contributed by atoms with van der Waals surface area (Å²) < 4.78 is 24.6. The van der Waals surface area contributed by atoms with E-state index in [1.165, 1.54) is 29.2 Å². The Hall–Kier alpha value is -4.02. The number of ether oxygens (including phenoxy) is 2. The maximum Gasteiger partial charge on any atom is 0.251 e. The van der Waals surface area contributed by atoms with E-state index >= 15 is 0 Å². The predicted octanol–water partition coefficient (Wildman–Crippen LogP) is 2.98. The Balaban J connectivity index is 1.64. The van der Waals surface area contributed by atoms with E-state index in [0.29, 0.717) is 42.4 Å². The van der Waals surface area contributed by atoms with Crippen LogP contribution in [0.3, 0.4) is 0 Å². The van der Waals surface area contributed by atoms with Gasteiger partial charge in [-0.1, -0.05) is 6.92 Å². The Bertz CT molecular complexity index is 1240. The Kier molecular flexibility index (Phi) is 7.18. The molecule has 0 saturated carbocycles. The van der Waals surface area contributed by atoms with Crippen molar-refractivity contribution in [2.45, 2.75) is 52.2 Å². The molecule has 11 heteroatoms. The standard InChI is InChI=1S/C25H29FN6O4/c1-5-19(24(34)27-25(2,3)4)32(18-10-11-20-21(14-18)36-13-12-35-20)22(33)15-31-29-23(28-30-31)16-6-8-17(26)9-7-16/h6-11,14,19H,5,12-13,15H2,1-4H3,(H,27,34)/t19-/m0/s1. The van der Waals surface area contributed by atoms with Gasteiger partial charge in [0, 0.05) is 22.9 Å². The number of rotatable bonds is 7. The summed E-state index contributed by atoms with van der Waals surface area (Å²) in [7, 11) is 0. The van der Waals surface area contributed by atoms with Crippen molar-refractivity contribution < 1.29 is 23.5 Å². The first-order valence-corrected chi connectivity index (χ1v) is 11.7. The normalized spacial score (nSPS) is 13.7. The molecule has 2 aromatic carbocycles. The molecule has 1 aromatic heterocycles. The van der Waals surface area contributed by atoms with Crippen LogP contribution in [0.4, 0.5) is 10.1 Å². The largest absolute Gasteiger partial charge is 0.486 e. The second kappa shape index (κ2) is 10.3. The van der Waals surface area contributed by atoms with Crippen LogP contribution in [-0.2, 0) is 16.1 Å². The van der Waals surface area contributed by atoms with Crippen LogP contribution in [-0.4, -0.2) is 56.8 Å². The highest BCUT2D eigenvalue weighted by Crippen LogP contribution is 2.35. The topological polar surface area (TPSA) is 111 Å². The number of anilines is 1. The molecule has 1 aliphatic rings. The molecule has 190 valence electrons. The molecular weight excluding hydrogens is 467 g/mol. The van der Waals surface area contributed by atoms with E-state index in [9.17, 15) is 14.0 Å². The number of fused-ring (bicyclic) bond motifs is 1. The number of carbonyl (C=O) groups is 2. The third-order valence-electron chi connectivity index (χ3n) is 5.40. The number of hydrogen-bond donors (Lipinski definition) is 1. The van der Waals surface area contributed by atoms with Crippen molar-refractivity contribution in [3.8, 4) is 22.9 Å². The smallest absolute Gasteiger partial charge is 0.251 e. The van der Waals surface area contributed by atoms with Crippen molar-refractivity contribution in [1.29, 1.82) is 0 Å². The number of halogens is 1. The Morgan fingerprint density at radius 1 is 1.11 bits per heavy atom. The van der Waals surface area contributed by atoms with E-state index in [1.54, 1.807) is 18.2 Å². The molecule has 0 radical (unpaired) electrons. The van der Waals surface area contributed by atoms with Gasteiger partial charge in [-0.15, -0.1) is 10.2 Å². The number of hydrogen-bond acceptors (Lipinski definition) is 7. The monoisotopic (exact) mass is 496 g/mol. The highest BCUT2D eigenvalue weighted by atomic mass is 19.1. The van der Waals surface area contributed by atoms with E-state index in [1.807, 2.05) is 27.7 Å². The number of nitrogens with zero attached hydrogens (tertiary/aromatic N) is 5. The maximum atomic E-state index is 13.6. The molecule has 0 saturated heterocycles. The summed E-state index contributed by atoms with van der Waals surface area (Å²) >= 11 is 0. The first-order chi connectivity index (χ1) is 17.1. The minimum atomic E-state index is -0.792. The summed E-state index contributed by atoms with van der Waals surface area (Å²) in [6.45, 7) is 8.04. The quantitative estimate of drug-likeness (QED) is 0.535. The highest BCUT2D eigenvalue weighted by molar-refractivity contribution is 6.01. The Morgan fingerprint density at radius 3 is 2.47 bits per heavy atom. The maximum absolute atomic E-state index is 13.6. The molecule has 4 rings (SSSR count). The van der Waals surface area contributed by atoms with E-state index < -0.39 is 17.5 Å². The predicted molar refractivity (Wildman–Crippen MR) is 130 cm³/mol. The lowest BCUT2D eigenvalue weighted by Gasteiger charge is -2.33. The van der Waals surface area contributed by atoms with Crippen molar-refractivity contribution >= 4 is 17.5 Å². The second-order valence-corrected chi connectivity index (χ2v) is 9.41. The molecule has 10 nitrogen and oxygen atoms in total. The van der Waals surface area contributed by atoms with Crippen molar-refractivity contribution in [2.24, 2.45) is 0 Å². The van der Waals surface area contributed by atoms with Gasteiger partial charge < -0.3 is 14.8 Å². The number of nitrogens with one attached hydrogen (secondary N) is 1. The molecule has 0 fully saturated rings. The molecule has 0 unspecified atom stereocenters. The number of amides is 2. The van der Waals surface area contributed by atoms with Crippen LogP contribution < -0.4 is 19.7 Å². The van der Waals surface area contributed by atoms with Gasteiger partial charge in [-0.25, -0.2) is 4.39 Å². The zero-order chi connectivity index (χ0) is 25.9. The first kappa shape index (κ1) is 25.1. The van der Waals surface area contributed by atoms with Gasteiger partial charge in [0.05, 0.1) is 0 Å². The van der Waals surface area contributed by atoms with Gasteiger partial charge in [-0.05, 0) is 68.8 Å². The van der Waals surface area contributed by atoms with E-state index in [0.717, 1.165) is 4.80 Å². The van der Waals surface area contributed by atoms with Crippen molar-refractivity contribution in [3.63, 3.8) is 0 Å². The fourth-order valence-electron chi connectivity index (χ4n) is 3.84.